The molecule has 0 unspecified atom stereocenters. The number of thioether (sulfide) groups is 3. The standard InChI is InChI=1S/C23H22N4O4S3/c24-23(25)33-11-14-6-8-15(9-7-14)34-16-12-32-21-18(20(29)27(21)19(16)22(30)31)26-17(28)10-13-4-2-1-3-5-13/h1-9,18,21H,10-12H2,(H3,24,25)(H,26,28)(H,30,31)/t18-,21-/m1/s1. The van der Waals surface area contributed by atoms with Crippen LogP contribution >= 0.6 is 35.3 Å². The number of amidine groups is 1. The minimum atomic E-state index is -1.16. The lowest BCUT2D eigenvalue weighted by molar-refractivity contribution is -0.150. The van der Waals surface area contributed by atoms with E-state index in [1.807, 2.05) is 54.6 Å². The van der Waals surface area contributed by atoms with Crippen molar-refractivity contribution in [2.75, 3.05) is 5.75 Å². The van der Waals surface area contributed by atoms with E-state index in [4.69, 9.17) is 11.1 Å². The number of aliphatic carboxylic acids is 1. The van der Waals surface area contributed by atoms with Gasteiger partial charge in [-0.2, -0.15) is 0 Å². The van der Waals surface area contributed by atoms with Gasteiger partial charge in [-0.05, 0) is 23.3 Å². The number of nitrogens with one attached hydrogen (secondary N) is 2. The normalized spacial score (nSPS) is 19.3. The largest absolute Gasteiger partial charge is 0.477 e. The number of rotatable bonds is 8. The minimum Gasteiger partial charge on any atom is -0.477 e. The number of nitrogens with zero attached hydrogens (tertiary/aromatic N) is 1. The maximum Gasteiger partial charge on any atom is 0.353 e. The van der Waals surface area contributed by atoms with Crippen molar-refractivity contribution < 1.29 is 19.5 Å². The van der Waals surface area contributed by atoms with Crippen molar-refractivity contribution in [2.45, 2.75) is 28.5 Å². The van der Waals surface area contributed by atoms with Gasteiger partial charge in [0.25, 0.3) is 5.91 Å². The van der Waals surface area contributed by atoms with Gasteiger partial charge in [0.05, 0.1) is 6.42 Å². The average Bonchev–Trinajstić information content (AvgIpc) is 2.82. The molecule has 1 fully saturated rings. The van der Waals surface area contributed by atoms with Crippen molar-refractivity contribution >= 4 is 58.2 Å². The Morgan fingerprint density at radius 1 is 1.15 bits per heavy atom. The number of β-lactam (4-membered cyclic amide) rings is 1. The first kappa shape index (κ1) is 24.2. The summed E-state index contributed by atoms with van der Waals surface area (Å²) in [5.74, 6) is -0.835. The summed E-state index contributed by atoms with van der Waals surface area (Å²) >= 11 is 3.99. The SMILES string of the molecule is N=C(N)SCc1ccc(SC2=C(C(=O)O)N3C(=O)[C@@H](NC(=O)Cc4ccccc4)[C@H]3SC2)cc1. The lowest BCUT2D eigenvalue weighted by Gasteiger charge is -2.49. The molecule has 2 aromatic carbocycles. The molecule has 8 nitrogen and oxygen atoms in total. The van der Waals surface area contributed by atoms with Crippen LogP contribution in [0.3, 0.4) is 0 Å². The molecule has 1 saturated heterocycles. The number of fused-ring (bicyclic) bond motifs is 1. The molecule has 0 saturated carbocycles. The molecule has 0 spiro atoms. The third-order valence-electron chi connectivity index (χ3n) is 5.22. The average molecular weight is 515 g/mol. The Bertz CT molecular complexity index is 1150. The highest BCUT2D eigenvalue weighted by atomic mass is 32.2. The maximum atomic E-state index is 12.8. The zero-order valence-electron chi connectivity index (χ0n) is 17.9. The van der Waals surface area contributed by atoms with E-state index in [1.54, 1.807) is 0 Å². The van der Waals surface area contributed by atoms with Gasteiger partial charge in [0.15, 0.2) is 5.17 Å². The van der Waals surface area contributed by atoms with Crippen molar-refractivity contribution in [1.82, 2.24) is 10.2 Å². The molecule has 0 aliphatic carbocycles. The van der Waals surface area contributed by atoms with E-state index in [0.717, 1.165) is 16.0 Å². The summed E-state index contributed by atoms with van der Waals surface area (Å²) < 4.78 is 0. The fraction of sp³-hybridized carbons (Fsp3) is 0.217. The van der Waals surface area contributed by atoms with Crippen LogP contribution in [0, 0.1) is 5.41 Å². The van der Waals surface area contributed by atoms with Gasteiger partial charge in [-0.1, -0.05) is 66.0 Å². The molecular formula is C23H22N4O4S3. The summed E-state index contributed by atoms with van der Waals surface area (Å²) in [5, 5.41) is 19.5. The van der Waals surface area contributed by atoms with Crippen molar-refractivity contribution in [3.8, 4) is 0 Å². The Morgan fingerprint density at radius 2 is 1.85 bits per heavy atom. The number of carboxylic acid groups (broad SMARTS) is 1. The van der Waals surface area contributed by atoms with Crippen molar-refractivity contribution in [3.63, 3.8) is 0 Å². The number of amides is 2. The lowest BCUT2D eigenvalue weighted by Crippen LogP contribution is -2.70. The first-order chi connectivity index (χ1) is 16.3. The Morgan fingerprint density at radius 3 is 2.50 bits per heavy atom. The zero-order valence-corrected chi connectivity index (χ0v) is 20.3. The van der Waals surface area contributed by atoms with Gasteiger partial charge >= 0.3 is 5.97 Å². The van der Waals surface area contributed by atoms with E-state index in [9.17, 15) is 19.5 Å². The number of carboxylic acids is 1. The molecule has 34 heavy (non-hydrogen) atoms. The number of hydrogen-bond acceptors (Lipinski definition) is 7. The van der Waals surface area contributed by atoms with Crippen LogP contribution in [0.5, 0.6) is 0 Å². The van der Waals surface area contributed by atoms with Gasteiger partial charge in [-0.15, -0.1) is 11.8 Å². The van der Waals surface area contributed by atoms with Gasteiger partial charge < -0.3 is 16.2 Å². The zero-order chi connectivity index (χ0) is 24.2. The summed E-state index contributed by atoms with van der Waals surface area (Å²) in [7, 11) is 0. The molecule has 2 atom stereocenters. The Hall–Kier alpha value is -2.89. The van der Waals surface area contributed by atoms with E-state index < -0.39 is 23.3 Å². The molecule has 0 radical (unpaired) electrons. The molecule has 2 amide bonds. The molecule has 2 aromatic rings. The van der Waals surface area contributed by atoms with Crippen LogP contribution in [0.15, 0.2) is 70.1 Å². The van der Waals surface area contributed by atoms with Crippen LogP contribution in [0.25, 0.3) is 0 Å². The fourth-order valence-electron chi connectivity index (χ4n) is 3.63. The van der Waals surface area contributed by atoms with Crippen LogP contribution in [-0.2, 0) is 26.6 Å². The van der Waals surface area contributed by atoms with Gasteiger partial charge in [-0.25, -0.2) is 4.79 Å². The summed E-state index contributed by atoms with van der Waals surface area (Å²) in [6.07, 6.45) is 0.158. The molecule has 2 aliphatic heterocycles. The Balaban J connectivity index is 1.43. The van der Waals surface area contributed by atoms with E-state index in [-0.39, 0.29) is 23.2 Å². The Labute approximate surface area is 209 Å². The second kappa shape index (κ2) is 10.6. The Kier molecular flexibility index (Phi) is 7.54. The van der Waals surface area contributed by atoms with E-state index >= 15 is 0 Å². The minimum absolute atomic E-state index is 0.0245. The fourth-order valence-corrected chi connectivity index (χ4v) is 6.62. The molecule has 0 aromatic heterocycles. The third kappa shape index (κ3) is 5.43. The van der Waals surface area contributed by atoms with Gasteiger partial charge in [-0.3, -0.25) is 19.9 Å². The topological polar surface area (TPSA) is 137 Å². The van der Waals surface area contributed by atoms with Crippen molar-refractivity contribution in [2.24, 2.45) is 5.73 Å². The molecule has 11 heteroatoms. The first-order valence-corrected chi connectivity index (χ1v) is 13.2. The molecule has 5 N–H and O–H groups in total. The molecule has 4 rings (SSSR count). The van der Waals surface area contributed by atoms with Crippen LogP contribution in [0.2, 0.25) is 0 Å². The molecule has 2 heterocycles. The third-order valence-corrected chi connectivity index (χ3v) is 8.56. The molecule has 2 aliphatic rings. The highest BCUT2D eigenvalue weighted by Gasteiger charge is 2.54. The van der Waals surface area contributed by atoms with Gasteiger partial charge in [0.1, 0.15) is 17.1 Å². The predicted molar refractivity (Wildman–Crippen MR) is 135 cm³/mol. The number of nitrogens with two attached hydrogens (primary N) is 1. The molecule has 176 valence electrons. The van der Waals surface area contributed by atoms with Crippen LogP contribution in [0.1, 0.15) is 11.1 Å². The quantitative estimate of drug-likeness (QED) is 0.240. The lowest BCUT2D eigenvalue weighted by atomic mass is 10.0. The summed E-state index contributed by atoms with van der Waals surface area (Å²) in [6, 6.07) is 16.1. The van der Waals surface area contributed by atoms with Crippen molar-refractivity contribution in [3.05, 3.63) is 76.3 Å². The summed E-state index contributed by atoms with van der Waals surface area (Å²) in [4.78, 5) is 40.0. The van der Waals surface area contributed by atoms with E-state index in [0.29, 0.717) is 16.4 Å². The van der Waals surface area contributed by atoms with Crippen molar-refractivity contribution in [1.29, 1.82) is 5.41 Å². The van der Waals surface area contributed by atoms with Crippen LogP contribution in [-0.4, -0.2) is 50.1 Å². The number of carbonyl (C=O) groups excluding carboxylic acids is 2. The smallest absolute Gasteiger partial charge is 0.353 e. The van der Waals surface area contributed by atoms with Crippen LogP contribution in [0.4, 0.5) is 0 Å². The second-order valence-corrected chi connectivity index (χ2v) is 10.9. The number of carbonyl (C=O) groups is 3. The molecule has 0 bridgehead atoms. The highest BCUT2D eigenvalue weighted by molar-refractivity contribution is 8.13. The van der Waals surface area contributed by atoms with E-state index in [2.05, 4.69) is 5.32 Å². The number of benzene rings is 2. The number of hydrogen-bond donors (Lipinski definition) is 4. The predicted octanol–water partition coefficient (Wildman–Crippen LogP) is 2.84. The summed E-state index contributed by atoms with van der Waals surface area (Å²) in [5.41, 5.74) is 7.19. The maximum absolute atomic E-state index is 12.8. The van der Waals surface area contributed by atoms with Gasteiger partial charge in [0.2, 0.25) is 5.91 Å². The van der Waals surface area contributed by atoms with Gasteiger partial charge in [0, 0.05) is 21.3 Å². The highest BCUT2D eigenvalue weighted by Crippen LogP contribution is 2.45. The second-order valence-electron chi connectivity index (χ2n) is 7.59. The summed E-state index contributed by atoms with van der Waals surface area (Å²) in [6.45, 7) is 0. The first-order valence-electron chi connectivity index (χ1n) is 10.3. The monoisotopic (exact) mass is 514 g/mol. The van der Waals surface area contributed by atoms with Crippen LogP contribution < -0.4 is 11.1 Å². The molecular weight excluding hydrogens is 492 g/mol. The van der Waals surface area contributed by atoms with E-state index in [1.165, 1.54) is 40.2 Å².